The average Bonchev–Trinajstić information content (AvgIpc) is 2.61. The van der Waals surface area contributed by atoms with Gasteiger partial charge in [-0.25, -0.2) is 0 Å². The summed E-state index contributed by atoms with van der Waals surface area (Å²) in [6.07, 6.45) is 0.620. The van der Waals surface area contributed by atoms with E-state index in [1.165, 1.54) is 0 Å². The van der Waals surface area contributed by atoms with Gasteiger partial charge in [-0.05, 0) is 19.1 Å². The number of rotatable bonds is 4. The Hall–Kier alpha value is -1.76. The fourth-order valence-corrected chi connectivity index (χ4v) is 1.22. The molecule has 0 fully saturated rings. The Morgan fingerprint density at radius 1 is 1.60 bits per heavy atom. The molecule has 0 bridgehead atoms. The molecule has 80 valence electrons. The zero-order valence-corrected chi connectivity index (χ0v) is 8.99. The van der Waals surface area contributed by atoms with E-state index in [0.29, 0.717) is 13.0 Å². The monoisotopic (exact) mass is 206 g/mol. The molecular weight excluding hydrogens is 192 g/mol. The first-order valence-electron chi connectivity index (χ1n) is 4.79. The van der Waals surface area contributed by atoms with E-state index >= 15 is 0 Å². The number of likely N-dealkylation sites (N-methyl/N-ethyl adjacent to an activating group) is 1. The molecule has 0 saturated carbocycles. The standard InChI is InChI=1S/C11H14N2O2/c1-9-3-4-10(15-9)6-8-13(2)11(14)5-7-12/h3-4H,5-6,8H2,1-2H3. The quantitative estimate of drug-likeness (QED) is 0.750. The van der Waals surface area contributed by atoms with Crippen LogP contribution in [0.15, 0.2) is 16.5 Å². The lowest BCUT2D eigenvalue weighted by molar-refractivity contribution is -0.128. The molecule has 1 rings (SSSR count). The third kappa shape index (κ3) is 3.47. The highest BCUT2D eigenvalue weighted by atomic mass is 16.3. The average molecular weight is 206 g/mol. The van der Waals surface area contributed by atoms with E-state index in [4.69, 9.17) is 9.68 Å². The summed E-state index contributed by atoms with van der Waals surface area (Å²) in [7, 11) is 1.69. The van der Waals surface area contributed by atoms with E-state index in [1.54, 1.807) is 11.9 Å². The van der Waals surface area contributed by atoms with Crippen molar-refractivity contribution in [2.24, 2.45) is 0 Å². The van der Waals surface area contributed by atoms with Gasteiger partial charge >= 0.3 is 0 Å². The summed E-state index contributed by atoms with van der Waals surface area (Å²) in [6, 6.07) is 5.63. The van der Waals surface area contributed by atoms with Crippen LogP contribution in [0.4, 0.5) is 0 Å². The molecule has 1 heterocycles. The minimum Gasteiger partial charge on any atom is -0.466 e. The van der Waals surface area contributed by atoms with Crippen LogP contribution in [-0.2, 0) is 11.2 Å². The number of amides is 1. The van der Waals surface area contributed by atoms with Gasteiger partial charge in [0.05, 0.1) is 6.07 Å². The molecule has 0 aliphatic rings. The number of hydrogen-bond donors (Lipinski definition) is 0. The molecule has 0 N–H and O–H groups in total. The van der Waals surface area contributed by atoms with Crippen molar-refractivity contribution >= 4 is 5.91 Å². The molecule has 0 atom stereocenters. The van der Waals surface area contributed by atoms with Crippen LogP contribution in [0.5, 0.6) is 0 Å². The smallest absolute Gasteiger partial charge is 0.236 e. The Bertz CT molecular complexity index is 376. The molecule has 0 saturated heterocycles. The predicted octanol–water partition coefficient (Wildman–Crippen LogP) is 1.50. The van der Waals surface area contributed by atoms with Gasteiger partial charge in [-0.15, -0.1) is 0 Å². The highest BCUT2D eigenvalue weighted by Crippen LogP contribution is 2.07. The fourth-order valence-electron chi connectivity index (χ4n) is 1.22. The second-order valence-corrected chi connectivity index (χ2v) is 3.41. The lowest BCUT2D eigenvalue weighted by Crippen LogP contribution is -2.28. The molecule has 0 unspecified atom stereocenters. The van der Waals surface area contributed by atoms with Crippen molar-refractivity contribution in [3.8, 4) is 6.07 Å². The molecule has 0 radical (unpaired) electrons. The van der Waals surface area contributed by atoms with Gasteiger partial charge in [0.15, 0.2) is 0 Å². The van der Waals surface area contributed by atoms with Crippen LogP contribution >= 0.6 is 0 Å². The molecule has 0 aromatic carbocycles. The Labute approximate surface area is 89.1 Å². The third-order valence-corrected chi connectivity index (χ3v) is 2.15. The topological polar surface area (TPSA) is 57.2 Å². The van der Waals surface area contributed by atoms with Crippen molar-refractivity contribution in [3.05, 3.63) is 23.7 Å². The van der Waals surface area contributed by atoms with Crippen molar-refractivity contribution < 1.29 is 9.21 Å². The van der Waals surface area contributed by atoms with Gasteiger partial charge in [-0.1, -0.05) is 0 Å². The molecule has 1 amide bonds. The first kappa shape index (κ1) is 11.3. The van der Waals surface area contributed by atoms with Crippen molar-refractivity contribution in [2.75, 3.05) is 13.6 Å². The van der Waals surface area contributed by atoms with Crippen LogP contribution < -0.4 is 0 Å². The van der Waals surface area contributed by atoms with E-state index in [1.807, 2.05) is 25.1 Å². The Balaban J connectivity index is 2.37. The molecule has 15 heavy (non-hydrogen) atoms. The van der Waals surface area contributed by atoms with Crippen LogP contribution in [0.1, 0.15) is 17.9 Å². The number of carbonyl (C=O) groups is 1. The van der Waals surface area contributed by atoms with Crippen LogP contribution in [0.3, 0.4) is 0 Å². The van der Waals surface area contributed by atoms with E-state index in [0.717, 1.165) is 11.5 Å². The molecule has 1 aromatic rings. The van der Waals surface area contributed by atoms with Crippen LogP contribution in [0, 0.1) is 18.3 Å². The zero-order chi connectivity index (χ0) is 11.3. The van der Waals surface area contributed by atoms with Gasteiger partial charge in [0, 0.05) is 20.0 Å². The lowest BCUT2D eigenvalue weighted by atomic mass is 10.3. The number of hydrogen-bond acceptors (Lipinski definition) is 3. The maximum absolute atomic E-state index is 11.2. The summed E-state index contributed by atoms with van der Waals surface area (Å²) in [6.45, 7) is 2.46. The number of furan rings is 1. The molecule has 4 heteroatoms. The summed E-state index contributed by atoms with van der Waals surface area (Å²) in [5, 5.41) is 8.36. The van der Waals surface area contributed by atoms with Gasteiger partial charge in [-0.3, -0.25) is 4.79 Å². The van der Waals surface area contributed by atoms with Crippen molar-refractivity contribution in [1.82, 2.24) is 4.90 Å². The first-order valence-corrected chi connectivity index (χ1v) is 4.79. The molecule has 1 aromatic heterocycles. The number of nitrogens with zero attached hydrogens (tertiary/aromatic N) is 2. The second kappa shape index (κ2) is 5.20. The highest BCUT2D eigenvalue weighted by Gasteiger charge is 2.08. The Morgan fingerprint density at radius 2 is 2.33 bits per heavy atom. The molecule has 0 aliphatic heterocycles. The van der Waals surface area contributed by atoms with Gasteiger partial charge in [0.2, 0.25) is 5.91 Å². The molecular formula is C11H14N2O2. The van der Waals surface area contributed by atoms with E-state index in [-0.39, 0.29) is 12.3 Å². The van der Waals surface area contributed by atoms with Gasteiger partial charge < -0.3 is 9.32 Å². The first-order chi connectivity index (χ1) is 7.13. The minimum atomic E-state index is -0.152. The van der Waals surface area contributed by atoms with E-state index < -0.39 is 0 Å². The Morgan fingerprint density at radius 3 is 2.87 bits per heavy atom. The lowest BCUT2D eigenvalue weighted by Gasteiger charge is -2.14. The maximum Gasteiger partial charge on any atom is 0.236 e. The summed E-state index contributed by atoms with van der Waals surface area (Å²) >= 11 is 0. The van der Waals surface area contributed by atoms with E-state index in [2.05, 4.69) is 0 Å². The minimum absolute atomic E-state index is 0.0618. The second-order valence-electron chi connectivity index (χ2n) is 3.41. The molecule has 0 spiro atoms. The maximum atomic E-state index is 11.2. The van der Waals surface area contributed by atoms with Gasteiger partial charge in [0.25, 0.3) is 0 Å². The van der Waals surface area contributed by atoms with Crippen LogP contribution in [0.2, 0.25) is 0 Å². The van der Waals surface area contributed by atoms with Gasteiger partial charge in [-0.2, -0.15) is 5.26 Å². The van der Waals surface area contributed by atoms with Crippen molar-refractivity contribution in [3.63, 3.8) is 0 Å². The van der Waals surface area contributed by atoms with E-state index in [9.17, 15) is 4.79 Å². The predicted molar refractivity (Wildman–Crippen MR) is 55.0 cm³/mol. The number of nitriles is 1. The molecule has 0 aliphatic carbocycles. The van der Waals surface area contributed by atoms with Crippen LogP contribution in [0.25, 0.3) is 0 Å². The largest absolute Gasteiger partial charge is 0.466 e. The summed E-state index contributed by atoms with van der Waals surface area (Å²) in [4.78, 5) is 12.8. The number of aryl methyl sites for hydroxylation is 1. The van der Waals surface area contributed by atoms with Gasteiger partial charge in [0.1, 0.15) is 17.9 Å². The van der Waals surface area contributed by atoms with Crippen LogP contribution in [-0.4, -0.2) is 24.4 Å². The molecule has 4 nitrogen and oxygen atoms in total. The fraction of sp³-hybridized carbons (Fsp3) is 0.455. The summed E-state index contributed by atoms with van der Waals surface area (Å²) in [5.41, 5.74) is 0. The number of carbonyl (C=O) groups excluding carboxylic acids is 1. The van der Waals surface area contributed by atoms with Crippen molar-refractivity contribution in [1.29, 1.82) is 5.26 Å². The van der Waals surface area contributed by atoms with Crippen molar-refractivity contribution in [2.45, 2.75) is 19.8 Å². The SMILES string of the molecule is Cc1ccc(CCN(C)C(=O)CC#N)o1. The third-order valence-electron chi connectivity index (χ3n) is 2.15. The Kier molecular flexibility index (Phi) is 3.92. The normalized spacial score (nSPS) is 9.67. The zero-order valence-electron chi connectivity index (χ0n) is 8.99. The highest BCUT2D eigenvalue weighted by molar-refractivity contribution is 5.77. The summed E-state index contributed by atoms with van der Waals surface area (Å²) in [5.74, 6) is 1.58. The summed E-state index contributed by atoms with van der Waals surface area (Å²) < 4.78 is 5.37.